The van der Waals surface area contributed by atoms with Crippen LogP contribution in [0.2, 0.25) is 0 Å². The molecule has 1 aromatic rings. The number of rotatable bonds is 4. The molecule has 0 N–H and O–H groups in total. The van der Waals surface area contributed by atoms with Crippen molar-refractivity contribution in [2.45, 2.75) is 32.7 Å². The molecule has 0 saturated carbocycles. The van der Waals surface area contributed by atoms with E-state index in [4.69, 9.17) is 4.74 Å². The van der Waals surface area contributed by atoms with Crippen LogP contribution in [-0.2, 0) is 20.9 Å². The van der Waals surface area contributed by atoms with Crippen molar-refractivity contribution in [3.8, 4) is 0 Å². The van der Waals surface area contributed by atoms with Crippen molar-refractivity contribution >= 4 is 11.9 Å². The lowest BCUT2D eigenvalue weighted by Gasteiger charge is -2.34. The molecule has 1 unspecified atom stereocenters. The highest BCUT2D eigenvalue weighted by atomic mass is 16.5. The van der Waals surface area contributed by atoms with E-state index in [9.17, 15) is 9.59 Å². The summed E-state index contributed by atoms with van der Waals surface area (Å²) >= 11 is 0. The number of allylic oxidation sites excluding steroid dienone is 1. The van der Waals surface area contributed by atoms with Crippen molar-refractivity contribution in [3.63, 3.8) is 0 Å². The number of piperidine rings is 1. The molecule has 1 amide bonds. The van der Waals surface area contributed by atoms with Gasteiger partial charge in [-0.3, -0.25) is 9.59 Å². The Bertz CT molecular complexity index is 536. The molecule has 1 aliphatic heterocycles. The summed E-state index contributed by atoms with van der Waals surface area (Å²) in [5, 5.41) is 0. The van der Waals surface area contributed by atoms with Gasteiger partial charge < -0.3 is 9.64 Å². The van der Waals surface area contributed by atoms with Crippen LogP contribution in [0.4, 0.5) is 0 Å². The molecule has 0 bridgehead atoms. The fourth-order valence-electron chi connectivity index (χ4n) is 2.67. The summed E-state index contributed by atoms with van der Waals surface area (Å²) < 4.78 is 4.88. The van der Waals surface area contributed by atoms with Crippen LogP contribution in [0.15, 0.2) is 42.1 Å². The highest BCUT2D eigenvalue weighted by Gasteiger charge is 2.35. The molecule has 0 radical (unpaired) electrons. The average molecular weight is 287 g/mol. The van der Waals surface area contributed by atoms with E-state index in [0.717, 1.165) is 17.7 Å². The third-order valence-electron chi connectivity index (χ3n) is 3.70. The number of amides is 1. The Morgan fingerprint density at radius 2 is 2.10 bits per heavy atom. The van der Waals surface area contributed by atoms with E-state index in [1.807, 2.05) is 43.3 Å². The molecule has 1 fully saturated rings. The number of benzene rings is 1. The maximum absolute atomic E-state index is 12.3. The fourth-order valence-corrected chi connectivity index (χ4v) is 2.67. The van der Waals surface area contributed by atoms with E-state index >= 15 is 0 Å². The summed E-state index contributed by atoms with van der Waals surface area (Å²) in [5.41, 5.74) is 1.84. The summed E-state index contributed by atoms with van der Waals surface area (Å²) in [4.78, 5) is 26.0. The Kier molecular flexibility index (Phi) is 5.14. The van der Waals surface area contributed by atoms with Crippen molar-refractivity contribution in [3.05, 3.63) is 47.7 Å². The maximum atomic E-state index is 12.3. The number of likely N-dealkylation sites (tertiary alicyclic amines) is 1. The lowest BCUT2D eigenvalue weighted by atomic mass is 9.92. The Morgan fingerprint density at radius 1 is 1.38 bits per heavy atom. The first-order chi connectivity index (χ1) is 10.2. The molecule has 1 saturated heterocycles. The molecule has 1 aromatic carbocycles. The monoisotopic (exact) mass is 287 g/mol. The Hall–Kier alpha value is -2.10. The molecule has 4 heteroatoms. The Morgan fingerprint density at radius 3 is 2.71 bits per heavy atom. The molecule has 4 nitrogen and oxygen atoms in total. The van der Waals surface area contributed by atoms with Crippen LogP contribution in [-0.4, -0.2) is 23.9 Å². The van der Waals surface area contributed by atoms with E-state index in [1.165, 1.54) is 7.11 Å². The molecule has 0 spiro atoms. The van der Waals surface area contributed by atoms with Crippen LogP contribution >= 0.6 is 0 Å². The normalized spacial score (nSPS) is 20.7. The molecular formula is C17H21NO3. The van der Waals surface area contributed by atoms with Gasteiger partial charge in [-0.2, -0.15) is 0 Å². The first-order valence-electron chi connectivity index (χ1n) is 7.29. The third-order valence-corrected chi connectivity index (χ3v) is 3.70. The summed E-state index contributed by atoms with van der Waals surface area (Å²) in [6.45, 7) is 2.50. The summed E-state index contributed by atoms with van der Waals surface area (Å²) in [7, 11) is 1.39. The molecule has 1 aliphatic rings. The minimum absolute atomic E-state index is 0.0682. The van der Waals surface area contributed by atoms with Crippen LogP contribution < -0.4 is 0 Å². The Balaban J connectivity index is 2.28. The average Bonchev–Trinajstić information content (AvgIpc) is 2.51. The van der Waals surface area contributed by atoms with Gasteiger partial charge in [-0.25, -0.2) is 0 Å². The second kappa shape index (κ2) is 7.07. The van der Waals surface area contributed by atoms with Crippen molar-refractivity contribution in [1.29, 1.82) is 0 Å². The van der Waals surface area contributed by atoms with Crippen LogP contribution in [0.3, 0.4) is 0 Å². The van der Waals surface area contributed by atoms with Gasteiger partial charge in [0.05, 0.1) is 19.6 Å². The van der Waals surface area contributed by atoms with E-state index in [2.05, 4.69) is 0 Å². The minimum atomic E-state index is -0.337. The maximum Gasteiger partial charge on any atom is 0.314 e. The highest BCUT2D eigenvalue weighted by molar-refractivity contribution is 5.85. The zero-order valence-electron chi connectivity index (χ0n) is 12.5. The van der Waals surface area contributed by atoms with Gasteiger partial charge in [0.15, 0.2) is 0 Å². The zero-order chi connectivity index (χ0) is 15.2. The topological polar surface area (TPSA) is 46.6 Å². The van der Waals surface area contributed by atoms with Crippen LogP contribution in [0, 0.1) is 5.92 Å². The number of hydrogen-bond donors (Lipinski definition) is 0. The molecule has 112 valence electrons. The number of hydrogen-bond acceptors (Lipinski definition) is 3. The van der Waals surface area contributed by atoms with Gasteiger partial charge in [0.25, 0.3) is 0 Å². The predicted molar refractivity (Wildman–Crippen MR) is 80.1 cm³/mol. The number of esters is 1. The van der Waals surface area contributed by atoms with Crippen LogP contribution in [0.1, 0.15) is 31.7 Å². The van der Waals surface area contributed by atoms with E-state index in [1.54, 1.807) is 4.90 Å². The lowest BCUT2D eigenvalue weighted by Crippen LogP contribution is -2.40. The molecule has 21 heavy (non-hydrogen) atoms. The zero-order valence-corrected chi connectivity index (χ0v) is 12.5. The first-order valence-corrected chi connectivity index (χ1v) is 7.29. The van der Waals surface area contributed by atoms with Gasteiger partial charge in [0, 0.05) is 12.1 Å². The van der Waals surface area contributed by atoms with Crippen molar-refractivity contribution in [2.24, 2.45) is 5.92 Å². The molecular weight excluding hydrogens is 266 g/mol. The Labute approximate surface area is 125 Å². The van der Waals surface area contributed by atoms with Crippen molar-refractivity contribution in [1.82, 2.24) is 4.90 Å². The number of methoxy groups -OCH3 is 1. The first kappa shape index (κ1) is 15.3. The van der Waals surface area contributed by atoms with E-state index < -0.39 is 0 Å². The largest absolute Gasteiger partial charge is 0.469 e. The van der Waals surface area contributed by atoms with Crippen molar-refractivity contribution < 1.29 is 14.3 Å². The third kappa shape index (κ3) is 3.51. The minimum Gasteiger partial charge on any atom is -0.469 e. The van der Waals surface area contributed by atoms with E-state index in [0.29, 0.717) is 19.4 Å². The summed E-state index contributed by atoms with van der Waals surface area (Å²) in [6.07, 6.45) is 3.65. The molecule has 0 aromatic heterocycles. The second-order valence-electron chi connectivity index (χ2n) is 5.12. The standard InChI is InChI=1S/C17H21NO3/c1-3-7-15-14(17(20)21-2)10-11-16(19)18(15)12-13-8-5-4-6-9-13/h4-9,14H,3,10-12H2,1-2H3/b15-7+. The van der Waals surface area contributed by atoms with Gasteiger partial charge in [-0.15, -0.1) is 0 Å². The van der Waals surface area contributed by atoms with Gasteiger partial charge in [-0.05, 0) is 18.4 Å². The van der Waals surface area contributed by atoms with Gasteiger partial charge >= 0.3 is 5.97 Å². The second-order valence-corrected chi connectivity index (χ2v) is 5.12. The summed E-state index contributed by atoms with van der Waals surface area (Å²) in [5.74, 6) is -0.532. The quantitative estimate of drug-likeness (QED) is 0.800. The number of carbonyl (C=O) groups excluding carboxylic acids is 2. The van der Waals surface area contributed by atoms with Gasteiger partial charge in [-0.1, -0.05) is 43.3 Å². The van der Waals surface area contributed by atoms with E-state index in [-0.39, 0.29) is 17.8 Å². The number of nitrogens with zero attached hydrogens (tertiary/aromatic N) is 1. The van der Waals surface area contributed by atoms with Gasteiger partial charge in [0.1, 0.15) is 0 Å². The predicted octanol–water partition coefficient (Wildman–Crippen LogP) is 2.89. The van der Waals surface area contributed by atoms with Gasteiger partial charge in [0.2, 0.25) is 5.91 Å². The highest BCUT2D eigenvalue weighted by Crippen LogP contribution is 2.30. The smallest absolute Gasteiger partial charge is 0.314 e. The van der Waals surface area contributed by atoms with Crippen molar-refractivity contribution in [2.75, 3.05) is 7.11 Å². The lowest BCUT2D eigenvalue weighted by molar-refractivity contribution is -0.147. The molecule has 0 aliphatic carbocycles. The van der Waals surface area contributed by atoms with Crippen LogP contribution in [0.25, 0.3) is 0 Å². The number of carbonyl (C=O) groups is 2. The summed E-state index contributed by atoms with van der Waals surface area (Å²) in [6, 6.07) is 9.81. The SMILES string of the molecule is CC/C=C1\C(C(=O)OC)CCC(=O)N1Cc1ccccc1. The van der Waals surface area contributed by atoms with Crippen LogP contribution in [0.5, 0.6) is 0 Å². The fraction of sp³-hybridized carbons (Fsp3) is 0.412. The molecule has 2 rings (SSSR count). The molecule has 1 atom stereocenters. The molecule has 1 heterocycles. The number of ether oxygens (including phenoxy) is 1.